The lowest BCUT2D eigenvalue weighted by Gasteiger charge is -2.34. The SMILES string of the molecule is CC1CC(C)CN(S(=O)(=O)c2ccc(NC(=O)c3ccc(=O)n(Cc4ccccc4)n3)cc2)C1. The topological polar surface area (TPSA) is 101 Å². The molecule has 0 spiro atoms. The van der Waals surface area contributed by atoms with Crippen LogP contribution in [0.3, 0.4) is 0 Å². The molecule has 1 aliphatic rings. The summed E-state index contributed by atoms with van der Waals surface area (Å²) in [5.41, 5.74) is 1.11. The minimum atomic E-state index is -3.60. The zero-order valence-corrected chi connectivity index (χ0v) is 20.0. The number of nitrogens with zero attached hydrogens (tertiary/aromatic N) is 3. The lowest BCUT2D eigenvalue weighted by atomic mass is 9.94. The number of piperidine rings is 1. The van der Waals surface area contributed by atoms with Gasteiger partial charge in [-0.3, -0.25) is 9.59 Å². The van der Waals surface area contributed by atoms with Gasteiger partial charge >= 0.3 is 0 Å². The molecule has 1 fully saturated rings. The van der Waals surface area contributed by atoms with Crippen molar-refractivity contribution in [2.45, 2.75) is 31.7 Å². The van der Waals surface area contributed by atoms with Gasteiger partial charge in [-0.2, -0.15) is 9.40 Å². The summed E-state index contributed by atoms with van der Waals surface area (Å²) in [5, 5.41) is 6.90. The number of amides is 1. The van der Waals surface area contributed by atoms with Crippen LogP contribution in [0, 0.1) is 11.8 Å². The number of carbonyl (C=O) groups is 1. The van der Waals surface area contributed by atoms with E-state index in [1.165, 1.54) is 28.9 Å². The molecule has 0 saturated carbocycles. The Morgan fingerprint density at radius 2 is 1.62 bits per heavy atom. The van der Waals surface area contributed by atoms with Gasteiger partial charge in [0, 0.05) is 24.8 Å². The first kappa shape index (κ1) is 23.8. The lowest BCUT2D eigenvalue weighted by molar-refractivity contribution is 0.102. The van der Waals surface area contributed by atoms with Crippen LogP contribution < -0.4 is 10.9 Å². The van der Waals surface area contributed by atoms with E-state index >= 15 is 0 Å². The molecule has 3 aromatic rings. The van der Waals surface area contributed by atoms with Gasteiger partial charge in [0.1, 0.15) is 5.69 Å². The average Bonchev–Trinajstić information content (AvgIpc) is 2.81. The fraction of sp³-hybridized carbons (Fsp3) is 0.320. The fourth-order valence-electron chi connectivity index (χ4n) is 4.30. The molecule has 1 amide bonds. The highest BCUT2D eigenvalue weighted by Crippen LogP contribution is 2.27. The van der Waals surface area contributed by atoms with Crippen LogP contribution in [0.15, 0.2) is 76.4 Å². The van der Waals surface area contributed by atoms with Gasteiger partial charge in [-0.15, -0.1) is 0 Å². The number of carbonyl (C=O) groups excluding carboxylic acids is 1. The Bertz CT molecular complexity index is 1310. The number of hydrogen-bond donors (Lipinski definition) is 1. The molecule has 8 nitrogen and oxygen atoms in total. The van der Waals surface area contributed by atoms with Crippen molar-refractivity contribution in [3.8, 4) is 0 Å². The Morgan fingerprint density at radius 1 is 0.971 bits per heavy atom. The Labute approximate surface area is 199 Å². The average molecular weight is 481 g/mol. The molecule has 9 heteroatoms. The molecular weight excluding hydrogens is 452 g/mol. The van der Waals surface area contributed by atoms with Crippen LogP contribution in [0.25, 0.3) is 0 Å². The van der Waals surface area contributed by atoms with Crippen molar-refractivity contribution in [3.05, 3.63) is 88.3 Å². The van der Waals surface area contributed by atoms with Crippen LogP contribution in [0.1, 0.15) is 36.3 Å². The summed E-state index contributed by atoms with van der Waals surface area (Å²) in [6.45, 7) is 5.40. The minimum Gasteiger partial charge on any atom is -0.321 e. The van der Waals surface area contributed by atoms with Gasteiger partial charge in [-0.25, -0.2) is 13.1 Å². The number of nitrogens with one attached hydrogen (secondary N) is 1. The third-order valence-corrected chi connectivity index (χ3v) is 7.71. The largest absolute Gasteiger partial charge is 0.321 e. The van der Waals surface area contributed by atoms with Crippen LogP contribution in [-0.2, 0) is 16.6 Å². The van der Waals surface area contributed by atoms with Crippen molar-refractivity contribution in [1.82, 2.24) is 14.1 Å². The predicted molar refractivity (Wildman–Crippen MR) is 130 cm³/mol. The van der Waals surface area contributed by atoms with Crippen molar-refractivity contribution in [1.29, 1.82) is 0 Å². The maximum atomic E-state index is 13.0. The first-order chi connectivity index (χ1) is 16.2. The zero-order chi connectivity index (χ0) is 24.3. The molecule has 1 N–H and O–H groups in total. The second kappa shape index (κ2) is 9.90. The number of benzene rings is 2. The number of hydrogen-bond acceptors (Lipinski definition) is 5. The maximum absolute atomic E-state index is 13.0. The second-order valence-electron chi connectivity index (χ2n) is 8.95. The van der Waals surface area contributed by atoms with Crippen molar-refractivity contribution >= 4 is 21.6 Å². The summed E-state index contributed by atoms with van der Waals surface area (Å²) >= 11 is 0. The van der Waals surface area contributed by atoms with E-state index in [1.807, 2.05) is 30.3 Å². The van der Waals surface area contributed by atoms with Gasteiger partial charge in [0.05, 0.1) is 11.4 Å². The molecule has 0 radical (unpaired) electrons. The van der Waals surface area contributed by atoms with Crippen molar-refractivity contribution in [2.75, 3.05) is 18.4 Å². The van der Waals surface area contributed by atoms with Crippen LogP contribution in [-0.4, -0.2) is 41.5 Å². The Morgan fingerprint density at radius 3 is 2.26 bits per heavy atom. The first-order valence-electron chi connectivity index (χ1n) is 11.3. The first-order valence-corrected chi connectivity index (χ1v) is 12.7. The van der Waals surface area contributed by atoms with E-state index in [2.05, 4.69) is 24.3 Å². The van der Waals surface area contributed by atoms with Gasteiger partial charge < -0.3 is 5.32 Å². The molecule has 1 aromatic heterocycles. The van der Waals surface area contributed by atoms with E-state index in [-0.39, 0.29) is 22.7 Å². The minimum absolute atomic E-state index is 0.0866. The summed E-state index contributed by atoms with van der Waals surface area (Å²) in [5.74, 6) is 0.139. The fourth-order valence-corrected chi connectivity index (χ4v) is 5.98. The molecule has 2 atom stereocenters. The summed E-state index contributed by atoms with van der Waals surface area (Å²) in [6.07, 6.45) is 1.02. The van der Waals surface area contributed by atoms with E-state index in [4.69, 9.17) is 0 Å². The molecule has 2 heterocycles. The van der Waals surface area contributed by atoms with E-state index in [0.717, 1.165) is 12.0 Å². The maximum Gasteiger partial charge on any atom is 0.276 e. The molecular formula is C25H28N4O4S. The molecule has 2 aromatic carbocycles. The van der Waals surface area contributed by atoms with Gasteiger partial charge in [-0.1, -0.05) is 44.2 Å². The highest BCUT2D eigenvalue weighted by molar-refractivity contribution is 7.89. The van der Waals surface area contributed by atoms with Crippen LogP contribution in [0.5, 0.6) is 0 Å². The Hall–Kier alpha value is -3.30. The van der Waals surface area contributed by atoms with Crippen LogP contribution >= 0.6 is 0 Å². The van der Waals surface area contributed by atoms with E-state index < -0.39 is 15.9 Å². The highest BCUT2D eigenvalue weighted by atomic mass is 32.2. The van der Waals surface area contributed by atoms with Gasteiger partial charge in [-0.05, 0) is 54.2 Å². The number of sulfonamides is 1. The molecule has 1 saturated heterocycles. The van der Waals surface area contributed by atoms with Crippen molar-refractivity contribution in [3.63, 3.8) is 0 Å². The van der Waals surface area contributed by atoms with Crippen molar-refractivity contribution in [2.24, 2.45) is 11.8 Å². The summed E-state index contributed by atoms with van der Waals surface area (Å²) in [7, 11) is -3.60. The molecule has 4 rings (SSSR count). The molecule has 34 heavy (non-hydrogen) atoms. The van der Waals surface area contributed by atoms with Gasteiger partial charge in [0.15, 0.2) is 0 Å². The summed E-state index contributed by atoms with van der Waals surface area (Å²) in [4.78, 5) is 25.1. The predicted octanol–water partition coefficient (Wildman–Crippen LogP) is 3.21. The monoisotopic (exact) mass is 480 g/mol. The molecule has 0 bridgehead atoms. The van der Waals surface area contributed by atoms with E-state index in [9.17, 15) is 18.0 Å². The highest BCUT2D eigenvalue weighted by Gasteiger charge is 2.31. The summed E-state index contributed by atoms with van der Waals surface area (Å²) < 4.78 is 28.9. The van der Waals surface area contributed by atoms with E-state index in [1.54, 1.807) is 16.4 Å². The standard InChI is InChI=1S/C25H28N4O4S/c1-18-14-19(2)16-28(15-18)34(32,33)22-10-8-21(9-11-22)26-25(31)23-12-13-24(30)29(27-23)17-20-6-4-3-5-7-20/h3-13,18-19H,14-17H2,1-2H3,(H,26,31). The smallest absolute Gasteiger partial charge is 0.276 e. The molecule has 2 unspecified atom stereocenters. The van der Waals surface area contributed by atoms with Crippen molar-refractivity contribution < 1.29 is 13.2 Å². The molecule has 1 aliphatic heterocycles. The molecule has 0 aliphatic carbocycles. The normalized spacial score (nSPS) is 19.0. The van der Waals surface area contributed by atoms with Gasteiger partial charge in [0.25, 0.3) is 11.5 Å². The Balaban J connectivity index is 1.47. The lowest BCUT2D eigenvalue weighted by Crippen LogP contribution is -2.42. The zero-order valence-electron chi connectivity index (χ0n) is 19.2. The van der Waals surface area contributed by atoms with E-state index in [0.29, 0.717) is 30.6 Å². The third-order valence-electron chi connectivity index (χ3n) is 5.86. The summed E-state index contributed by atoms with van der Waals surface area (Å²) in [6, 6.07) is 18.2. The van der Waals surface area contributed by atoms with Crippen LogP contribution in [0.2, 0.25) is 0 Å². The number of anilines is 1. The third kappa shape index (κ3) is 5.43. The second-order valence-corrected chi connectivity index (χ2v) is 10.9. The molecule has 178 valence electrons. The Kier molecular flexibility index (Phi) is 6.95. The van der Waals surface area contributed by atoms with Gasteiger partial charge in [0.2, 0.25) is 10.0 Å². The number of aromatic nitrogens is 2. The quantitative estimate of drug-likeness (QED) is 0.584. The number of rotatable bonds is 6. The van der Waals surface area contributed by atoms with Crippen LogP contribution in [0.4, 0.5) is 5.69 Å².